The normalized spacial score (nSPS) is 12.2. The van der Waals surface area contributed by atoms with Crippen LogP contribution in [0.3, 0.4) is 0 Å². The van der Waals surface area contributed by atoms with Crippen LogP contribution in [-0.4, -0.2) is 50.0 Å². The van der Waals surface area contributed by atoms with Crippen LogP contribution in [-0.2, 0) is 32.6 Å². The molecule has 0 aromatic heterocycles. The lowest BCUT2D eigenvalue weighted by Gasteiger charge is -2.34. The van der Waals surface area contributed by atoms with E-state index in [1.807, 2.05) is 74.5 Å². The summed E-state index contributed by atoms with van der Waals surface area (Å²) in [5, 5.41) is 2.95. The van der Waals surface area contributed by atoms with E-state index >= 15 is 0 Å². The molecule has 0 aliphatic rings. The van der Waals surface area contributed by atoms with Crippen molar-refractivity contribution in [2.75, 3.05) is 17.1 Å². The molecule has 9 heteroatoms. The molecule has 0 bridgehead atoms. The van der Waals surface area contributed by atoms with Crippen molar-refractivity contribution in [2.24, 2.45) is 0 Å². The molecule has 3 aromatic carbocycles. The maximum absolute atomic E-state index is 14.0. The molecule has 0 radical (unpaired) electrons. The van der Waals surface area contributed by atoms with Gasteiger partial charge in [0.25, 0.3) is 0 Å². The Balaban J connectivity index is 2.06. The number of sulfonamides is 1. The predicted octanol–water partition coefficient (Wildman–Crippen LogP) is 4.69. The number of hydrogen-bond acceptors (Lipinski definition) is 4. The van der Waals surface area contributed by atoms with E-state index in [-0.39, 0.29) is 24.9 Å². The molecule has 3 aromatic rings. The Morgan fingerprint density at radius 2 is 1.50 bits per heavy atom. The number of aryl methyl sites for hydroxylation is 1. The molecule has 0 aliphatic carbocycles. The van der Waals surface area contributed by atoms with Crippen LogP contribution in [0, 0.1) is 6.92 Å². The zero-order valence-corrected chi connectivity index (χ0v) is 24.5. The van der Waals surface area contributed by atoms with E-state index in [1.165, 1.54) is 4.90 Å². The molecule has 202 valence electrons. The molecule has 1 unspecified atom stereocenters. The van der Waals surface area contributed by atoms with Gasteiger partial charge in [0.1, 0.15) is 12.6 Å². The summed E-state index contributed by atoms with van der Waals surface area (Å²) >= 11 is 3.43. The molecule has 0 saturated heterocycles. The van der Waals surface area contributed by atoms with Crippen LogP contribution in [0.1, 0.15) is 30.5 Å². The summed E-state index contributed by atoms with van der Waals surface area (Å²) in [6, 6.07) is 23.0. The fourth-order valence-electron chi connectivity index (χ4n) is 4.16. The molecule has 1 N–H and O–H groups in total. The summed E-state index contributed by atoms with van der Waals surface area (Å²) in [5.74, 6) is -0.766. The fraction of sp³-hybridized carbons (Fsp3) is 0.310. The van der Waals surface area contributed by atoms with Gasteiger partial charge in [-0.25, -0.2) is 8.42 Å². The first-order valence-corrected chi connectivity index (χ1v) is 15.0. The van der Waals surface area contributed by atoms with Gasteiger partial charge in [0, 0.05) is 23.5 Å². The van der Waals surface area contributed by atoms with Crippen molar-refractivity contribution in [1.29, 1.82) is 0 Å². The van der Waals surface area contributed by atoms with Gasteiger partial charge in [0.05, 0.1) is 11.9 Å². The lowest BCUT2D eigenvalue weighted by molar-refractivity contribution is -0.140. The average molecular weight is 601 g/mol. The average Bonchev–Trinajstić information content (AvgIpc) is 2.85. The number of carbonyl (C=O) groups is 2. The molecular weight excluding hydrogens is 566 g/mol. The van der Waals surface area contributed by atoms with Gasteiger partial charge < -0.3 is 10.2 Å². The number of benzene rings is 3. The van der Waals surface area contributed by atoms with E-state index in [9.17, 15) is 18.0 Å². The fourth-order valence-corrected chi connectivity index (χ4v) is 5.33. The molecular formula is C29H34BrN3O4S. The van der Waals surface area contributed by atoms with Crippen LogP contribution in [0.25, 0.3) is 0 Å². The smallest absolute Gasteiger partial charge is 0.244 e. The molecule has 0 fully saturated rings. The van der Waals surface area contributed by atoms with Crippen molar-refractivity contribution in [3.63, 3.8) is 0 Å². The summed E-state index contributed by atoms with van der Waals surface area (Å²) in [5.41, 5.74) is 2.87. The van der Waals surface area contributed by atoms with E-state index in [2.05, 4.69) is 21.2 Å². The largest absolute Gasteiger partial charge is 0.352 e. The molecule has 0 spiro atoms. The van der Waals surface area contributed by atoms with Crippen LogP contribution < -0.4 is 9.62 Å². The number of nitrogens with zero attached hydrogens (tertiary/aromatic N) is 2. The maximum Gasteiger partial charge on any atom is 0.244 e. The van der Waals surface area contributed by atoms with E-state index in [1.54, 1.807) is 25.1 Å². The van der Waals surface area contributed by atoms with Crippen molar-refractivity contribution >= 4 is 43.5 Å². The molecule has 7 nitrogen and oxygen atoms in total. The summed E-state index contributed by atoms with van der Waals surface area (Å²) < 4.78 is 27.7. The quantitative estimate of drug-likeness (QED) is 0.346. The Morgan fingerprint density at radius 1 is 0.895 bits per heavy atom. The number of halogens is 1. The maximum atomic E-state index is 14.0. The first-order valence-electron chi connectivity index (χ1n) is 12.4. The van der Waals surface area contributed by atoms with Crippen molar-refractivity contribution < 1.29 is 18.0 Å². The van der Waals surface area contributed by atoms with Gasteiger partial charge in [0.2, 0.25) is 21.8 Å². The van der Waals surface area contributed by atoms with Gasteiger partial charge in [-0.15, -0.1) is 0 Å². The first-order chi connectivity index (χ1) is 18.0. The van der Waals surface area contributed by atoms with Crippen molar-refractivity contribution in [1.82, 2.24) is 10.2 Å². The topological polar surface area (TPSA) is 86.8 Å². The lowest BCUT2D eigenvalue weighted by Crippen LogP contribution is -2.54. The van der Waals surface area contributed by atoms with Gasteiger partial charge in [-0.1, -0.05) is 76.6 Å². The highest BCUT2D eigenvalue weighted by molar-refractivity contribution is 9.10. The highest BCUT2D eigenvalue weighted by Gasteiger charge is 2.33. The van der Waals surface area contributed by atoms with Crippen molar-refractivity contribution in [3.8, 4) is 0 Å². The minimum absolute atomic E-state index is 0.134. The van der Waals surface area contributed by atoms with E-state index in [0.29, 0.717) is 5.69 Å². The third-order valence-corrected chi connectivity index (χ3v) is 7.69. The van der Waals surface area contributed by atoms with Gasteiger partial charge in [-0.05, 0) is 55.7 Å². The van der Waals surface area contributed by atoms with Crippen LogP contribution >= 0.6 is 15.9 Å². The van der Waals surface area contributed by atoms with Crippen LogP contribution in [0.4, 0.5) is 5.69 Å². The summed E-state index contributed by atoms with van der Waals surface area (Å²) in [6.07, 6.45) is 1.36. The monoisotopic (exact) mass is 599 g/mol. The molecule has 0 saturated carbocycles. The molecule has 0 heterocycles. The number of nitrogens with one attached hydrogen (secondary N) is 1. The Morgan fingerprint density at radius 3 is 2.08 bits per heavy atom. The molecule has 1 atom stereocenters. The summed E-state index contributed by atoms with van der Waals surface area (Å²) in [6.45, 7) is 5.23. The number of rotatable bonds is 11. The number of anilines is 1. The third kappa shape index (κ3) is 8.16. The highest BCUT2D eigenvalue weighted by atomic mass is 79.9. The van der Waals surface area contributed by atoms with Crippen LogP contribution in [0.5, 0.6) is 0 Å². The SMILES string of the molecule is Cc1ccccc1N(CC(=O)N(Cc1ccc(Br)cc1)C(Cc1ccccc1)C(=O)NC(C)C)S(C)(=O)=O. The van der Waals surface area contributed by atoms with E-state index in [4.69, 9.17) is 0 Å². The lowest BCUT2D eigenvalue weighted by atomic mass is 10.0. The predicted molar refractivity (Wildman–Crippen MR) is 155 cm³/mol. The number of amides is 2. The number of carbonyl (C=O) groups excluding carboxylic acids is 2. The minimum atomic E-state index is -3.79. The Labute approximate surface area is 234 Å². The molecule has 3 rings (SSSR count). The van der Waals surface area contributed by atoms with Crippen molar-refractivity contribution in [2.45, 2.75) is 45.8 Å². The van der Waals surface area contributed by atoms with Crippen LogP contribution in [0.15, 0.2) is 83.3 Å². The van der Waals surface area contributed by atoms with Crippen LogP contribution in [0.2, 0.25) is 0 Å². The Bertz CT molecular complexity index is 1350. The minimum Gasteiger partial charge on any atom is -0.352 e. The molecule has 2 amide bonds. The summed E-state index contributed by atoms with van der Waals surface area (Å²) in [4.78, 5) is 29.0. The second-order valence-electron chi connectivity index (χ2n) is 9.57. The standard InChI is InChI=1S/C29H34BrN3O4S/c1-21(2)31-29(35)27(18-23-11-6-5-7-12-23)32(19-24-14-16-25(30)17-15-24)28(34)20-33(38(4,36)37)26-13-9-8-10-22(26)3/h5-17,21,27H,18-20H2,1-4H3,(H,31,35). The Hall–Kier alpha value is -3.17. The molecule has 38 heavy (non-hydrogen) atoms. The zero-order valence-electron chi connectivity index (χ0n) is 22.1. The van der Waals surface area contributed by atoms with Gasteiger partial charge in [-0.3, -0.25) is 13.9 Å². The number of para-hydroxylation sites is 1. The van der Waals surface area contributed by atoms with Crippen molar-refractivity contribution in [3.05, 3.63) is 100 Å². The van der Waals surface area contributed by atoms with Gasteiger partial charge in [-0.2, -0.15) is 0 Å². The first kappa shape index (κ1) is 29.4. The zero-order chi connectivity index (χ0) is 27.9. The van der Waals surface area contributed by atoms with Gasteiger partial charge >= 0.3 is 0 Å². The third-order valence-electron chi connectivity index (χ3n) is 6.03. The molecule has 0 aliphatic heterocycles. The Kier molecular flexibility index (Phi) is 10.1. The summed E-state index contributed by atoms with van der Waals surface area (Å²) in [7, 11) is -3.79. The number of hydrogen-bond donors (Lipinski definition) is 1. The second-order valence-corrected chi connectivity index (χ2v) is 12.4. The van der Waals surface area contributed by atoms with Gasteiger partial charge in [0.15, 0.2) is 0 Å². The van der Waals surface area contributed by atoms with E-state index in [0.717, 1.165) is 31.7 Å². The highest BCUT2D eigenvalue weighted by Crippen LogP contribution is 2.24. The van der Waals surface area contributed by atoms with E-state index < -0.39 is 28.5 Å². The second kappa shape index (κ2) is 13.1.